The zero-order chi connectivity index (χ0) is 14.5. The fourth-order valence-electron chi connectivity index (χ4n) is 2.53. The van der Waals surface area contributed by atoms with Crippen LogP contribution in [0.25, 0.3) is 0 Å². The molecule has 0 N–H and O–H groups in total. The van der Waals surface area contributed by atoms with Crippen molar-refractivity contribution in [3.8, 4) is 0 Å². The molecular formula is C9H11N4NaO5S2. The molecule has 2 amide bonds. The molecule has 3 heterocycles. The largest absolute Gasteiger partial charge is 1.00 e. The van der Waals surface area contributed by atoms with Gasteiger partial charge in [0.1, 0.15) is 10.0 Å². The Balaban J connectivity index is 0.00000161. The van der Waals surface area contributed by atoms with Crippen molar-refractivity contribution in [2.24, 2.45) is 0 Å². The summed E-state index contributed by atoms with van der Waals surface area (Å²) >= 11 is 1.39. The standard InChI is InChI=1S/C9H12N4O5S2.Na/c1-5-10-11-8(19-5)7-3-2-6-4-12(7)9(14)13(6)18-20(15,16)17;/h6-7H,2-4H2,1H3,(H,15,16,17);/q;+1/p-1/t6-,7-;/m1./s1. The minimum atomic E-state index is -4.95. The number of aromatic nitrogens is 2. The van der Waals surface area contributed by atoms with Crippen LogP contribution in [0.2, 0.25) is 0 Å². The first-order chi connectivity index (χ1) is 9.35. The quantitative estimate of drug-likeness (QED) is 0.330. The number of urea groups is 1. The zero-order valence-electron chi connectivity index (χ0n) is 11.4. The monoisotopic (exact) mass is 342 g/mol. The third kappa shape index (κ3) is 3.38. The summed E-state index contributed by atoms with van der Waals surface area (Å²) in [7, 11) is -4.95. The summed E-state index contributed by atoms with van der Waals surface area (Å²) in [6, 6.07) is -1.28. The number of amides is 2. The molecule has 9 nitrogen and oxygen atoms in total. The number of piperidine rings is 1. The first-order valence-corrected chi connectivity index (χ1v) is 8.05. The SMILES string of the molecule is Cc1nnc([C@H]2CC[C@@H]3CN2C(=O)N3OS(=O)(=O)[O-])s1.[Na+]. The molecule has 12 heteroatoms. The molecule has 0 spiro atoms. The van der Waals surface area contributed by atoms with E-state index < -0.39 is 22.5 Å². The number of fused-ring (bicyclic) bond motifs is 2. The van der Waals surface area contributed by atoms with Crippen molar-refractivity contribution in [3.63, 3.8) is 0 Å². The van der Waals surface area contributed by atoms with Crippen LogP contribution in [0.3, 0.4) is 0 Å². The van der Waals surface area contributed by atoms with Gasteiger partial charge in [0.15, 0.2) is 0 Å². The third-order valence-electron chi connectivity index (χ3n) is 3.32. The van der Waals surface area contributed by atoms with Crippen molar-refractivity contribution in [2.45, 2.75) is 31.8 Å². The van der Waals surface area contributed by atoms with Gasteiger partial charge in [0.2, 0.25) is 10.4 Å². The van der Waals surface area contributed by atoms with Crippen LogP contribution in [-0.2, 0) is 14.7 Å². The van der Waals surface area contributed by atoms with E-state index in [0.29, 0.717) is 29.5 Å². The van der Waals surface area contributed by atoms with Crippen molar-refractivity contribution >= 4 is 27.8 Å². The van der Waals surface area contributed by atoms with E-state index in [9.17, 15) is 17.8 Å². The molecule has 2 aliphatic heterocycles. The van der Waals surface area contributed by atoms with Crippen LogP contribution in [0.15, 0.2) is 0 Å². The van der Waals surface area contributed by atoms with Crippen molar-refractivity contribution in [1.29, 1.82) is 0 Å². The van der Waals surface area contributed by atoms with Crippen LogP contribution in [0.4, 0.5) is 4.79 Å². The molecular weight excluding hydrogens is 331 g/mol. The molecule has 1 aromatic rings. The molecule has 1 aromatic heterocycles. The van der Waals surface area contributed by atoms with Gasteiger partial charge in [-0.2, -0.15) is 9.35 Å². The van der Waals surface area contributed by atoms with E-state index in [2.05, 4.69) is 14.5 Å². The number of hydrogen-bond acceptors (Lipinski definition) is 8. The number of carbonyl (C=O) groups is 1. The second-order valence-electron chi connectivity index (χ2n) is 4.65. The van der Waals surface area contributed by atoms with Crippen LogP contribution in [0.5, 0.6) is 0 Å². The van der Waals surface area contributed by atoms with E-state index >= 15 is 0 Å². The van der Waals surface area contributed by atoms with E-state index in [0.717, 1.165) is 5.01 Å². The third-order valence-corrected chi connectivity index (χ3v) is 4.60. The van der Waals surface area contributed by atoms with Gasteiger partial charge in [-0.3, -0.25) is 0 Å². The maximum atomic E-state index is 12.1. The molecule has 3 rings (SSSR count). The van der Waals surface area contributed by atoms with E-state index in [1.54, 1.807) is 0 Å². The molecule has 0 radical (unpaired) electrons. The first kappa shape index (κ1) is 17.1. The van der Waals surface area contributed by atoms with Crippen molar-refractivity contribution in [1.82, 2.24) is 20.2 Å². The van der Waals surface area contributed by atoms with Gasteiger partial charge < -0.3 is 9.45 Å². The summed E-state index contributed by atoms with van der Waals surface area (Å²) in [5, 5.41) is 10.1. The summed E-state index contributed by atoms with van der Waals surface area (Å²) in [5.41, 5.74) is 0. The Morgan fingerprint density at radius 3 is 2.67 bits per heavy atom. The van der Waals surface area contributed by atoms with Gasteiger partial charge >= 0.3 is 35.6 Å². The van der Waals surface area contributed by atoms with Gasteiger partial charge in [-0.25, -0.2) is 13.2 Å². The molecule has 2 atom stereocenters. The summed E-state index contributed by atoms with van der Waals surface area (Å²) in [5.74, 6) is 0. The van der Waals surface area contributed by atoms with Gasteiger partial charge in [-0.1, -0.05) is 11.3 Å². The van der Waals surface area contributed by atoms with Crippen LogP contribution < -0.4 is 29.6 Å². The van der Waals surface area contributed by atoms with Crippen LogP contribution in [-0.4, -0.2) is 51.7 Å². The Kier molecular flexibility index (Phi) is 4.93. The van der Waals surface area contributed by atoms with E-state index in [1.807, 2.05) is 6.92 Å². The zero-order valence-corrected chi connectivity index (χ0v) is 15.1. The van der Waals surface area contributed by atoms with Gasteiger partial charge in [0.25, 0.3) is 0 Å². The topological polar surface area (TPSA) is 116 Å². The van der Waals surface area contributed by atoms with Crippen molar-refractivity contribution in [2.75, 3.05) is 6.54 Å². The van der Waals surface area contributed by atoms with Crippen molar-refractivity contribution in [3.05, 3.63) is 10.0 Å². The van der Waals surface area contributed by atoms with Gasteiger partial charge in [-0.15, -0.1) is 10.2 Å². The Morgan fingerprint density at radius 1 is 1.38 bits per heavy atom. The Morgan fingerprint density at radius 2 is 2.10 bits per heavy atom. The summed E-state index contributed by atoms with van der Waals surface area (Å²) < 4.78 is 36.2. The second-order valence-corrected chi connectivity index (χ2v) is 6.83. The average molecular weight is 342 g/mol. The number of carbonyl (C=O) groups excluding carboxylic acids is 1. The van der Waals surface area contributed by atoms with E-state index in [1.165, 1.54) is 16.2 Å². The molecule has 2 saturated heterocycles. The summed E-state index contributed by atoms with van der Waals surface area (Å²) in [6.45, 7) is 2.13. The van der Waals surface area contributed by atoms with Gasteiger partial charge in [-0.05, 0) is 19.8 Å². The van der Waals surface area contributed by atoms with Crippen LogP contribution in [0, 0.1) is 6.92 Å². The van der Waals surface area contributed by atoms with E-state index in [4.69, 9.17) is 0 Å². The molecule has 110 valence electrons. The second kappa shape index (κ2) is 6.07. The van der Waals surface area contributed by atoms with E-state index in [-0.39, 0.29) is 35.6 Å². The first-order valence-electron chi connectivity index (χ1n) is 5.90. The summed E-state index contributed by atoms with van der Waals surface area (Å²) in [6.07, 6.45) is 1.17. The smallest absolute Gasteiger partial charge is 0.724 e. The van der Waals surface area contributed by atoms with Gasteiger partial charge in [0.05, 0.1) is 12.1 Å². The molecule has 0 aliphatic carbocycles. The molecule has 0 saturated carbocycles. The molecule has 2 fully saturated rings. The number of aryl methyl sites for hydroxylation is 1. The molecule has 0 unspecified atom stereocenters. The fraction of sp³-hybridized carbons (Fsp3) is 0.667. The van der Waals surface area contributed by atoms with Crippen molar-refractivity contribution < 1.29 is 51.6 Å². The number of rotatable bonds is 3. The number of nitrogens with zero attached hydrogens (tertiary/aromatic N) is 4. The molecule has 2 aliphatic rings. The van der Waals surface area contributed by atoms with Crippen LogP contribution in [0.1, 0.15) is 28.9 Å². The minimum absolute atomic E-state index is 0. The van der Waals surface area contributed by atoms with Crippen LogP contribution >= 0.6 is 11.3 Å². The predicted molar refractivity (Wildman–Crippen MR) is 65.1 cm³/mol. The molecule has 2 bridgehead atoms. The summed E-state index contributed by atoms with van der Waals surface area (Å²) in [4.78, 5) is 13.6. The number of hydroxylamine groups is 2. The Hall–Kier alpha value is -0.300. The molecule has 0 aromatic carbocycles. The normalized spacial score (nSPS) is 25.1. The maximum absolute atomic E-state index is 12.1. The minimum Gasteiger partial charge on any atom is -0.724 e. The molecule has 21 heavy (non-hydrogen) atoms. The maximum Gasteiger partial charge on any atom is 1.00 e. The average Bonchev–Trinajstić information content (AvgIpc) is 2.88. The Bertz CT molecular complexity index is 650. The number of hydrogen-bond donors (Lipinski definition) is 0. The Labute approximate surface area is 147 Å². The predicted octanol–water partition coefficient (Wildman–Crippen LogP) is -2.82. The van der Waals surface area contributed by atoms with Gasteiger partial charge in [0, 0.05) is 6.54 Å². The fourth-order valence-corrected chi connectivity index (χ4v) is 3.76.